The van der Waals surface area contributed by atoms with Crippen LogP contribution in [0, 0.1) is 0 Å². The van der Waals surface area contributed by atoms with E-state index in [9.17, 15) is 0 Å². The maximum atomic E-state index is 4.71. The van der Waals surface area contributed by atoms with Crippen molar-refractivity contribution in [3.8, 4) is 22.4 Å². The van der Waals surface area contributed by atoms with Gasteiger partial charge in [0, 0.05) is 67.7 Å². The molecule has 0 spiro atoms. The first-order valence-electron chi connectivity index (χ1n) is 13.4. The molecule has 1 aliphatic rings. The highest BCUT2D eigenvalue weighted by molar-refractivity contribution is 5.67. The molecule has 194 valence electrons. The first-order chi connectivity index (χ1) is 19.2. The molecule has 0 radical (unpaired) electrons. The number of nitrogens with one attached hydrogen (secondary N) is 2. The van der Waals surface area contributed by atoms with Gasteiger partial charge in [0.25, 0.3) is 0 Å². The number of hydrogen-bond donors (Lipinski definition) is 2. The monoisotopic (exact) mass is 512 g/mol. The smallest absolute Gasteiger partial charge is 0.227 e. The molecular formula is C33H32N6. The van der Waals surface area contributed by atoms with Crippen LogP contribution in [-0.2, 0) is 0 Å². The fourth-order valence-electron chi connectivity index (χ4n) is 4.99. The van der Waals surface area contributed by atoms with Crippen LogP contribution in [0.4, 0.5) is 28.7 Å². The second-order valence-corrected chi connectivity index (χ2v) is 9.65. The molecule has 0 saturated carbocycles. The zero-order chi connectivity index (χ0) is 26.4. The van der Waals surface area contributed by atoms with Gasteiger partial charge in [-0.25, -0.2) is 9.97 Å². The third kappa shape index (κ3) is 5.70. The molecule has 2 heterocycles. The summed E-state index contributed by atoms with van der Waals surface area (Å²) in [7, 11) is 1.92. The fourth-order valence-corrected chi connectivity index (χ4v) is 4.99. The van der Waals surface area contributed by atoms with E-state index in [0.717, 1.165) is 48.8 Å². The lowest BCUT2D eigenvalue weighted by molar-refractivity contribution is 0.653. The Morgan fingerprint density at radius 1 is 0.564 bits per heavy atom. The number of anilines is 5. The molecule has 4 aromatic carbocycles. The van der Waals surface area contributed by atoms with Crippen LogP contribution >= 0.6 is 0 Å². The normalized spacial score (nSPS) is 13.3. The Balaban J connectivity index is 1.05. The number of hydrogen-bond acceptors (Lipinski definition) is 6. The Morgan fingerprint density at radius 2 is 1.10 bits per heavy atom. The minimum Gasteiger partial charge on any atom is -0.388 e. The van der Waals surface area contributed by atoms with Crippen LogP contribution in [-0.4, -0.2) is 43.2 Å². The van der Waals surface area contributed by atoms with Gasteiger partial charge in [-0.1, -0.05) is 54.6 Å². The summed E-state index contributed by atoms with van der Waals surface area (Å²) < 4.78 is 0. The molecule has 1 aromatic heterocycles. The molecular weight excluding hydrogens is 480 g/mol. The minimum absolute atomic E-state index is 0.588. The van der Waals surface area contributed by atoms with Gasteiger partial charge in [0.2, 0.25) is 5.95 Å². The van der Waals surface area contributed by atoms with Gasteiger partial charge >= 0.3 is 0 Å². The molecule has 1 fully saturated rings. The fraction of sp³-hybridized carbons (Fsp3) is 0.152. The number of piperazine rings is 1. The third-order valence-corrected chi connectivity index (χ3v) is 7.23. The Bertz CT molecular complexity index is 1490. The zero-order valence-corrected chi connectivity index (χ0v) is 22.1. The Hall–Kier alpha value is -4.84. The first-order valence-corrected chi connectivity index (χ1v) is 13.4. The Labute approximate surface area is 230 Å². The van der Waals surface area contributed by atoms with Crippen molar-refractivity contribution in [1.29, 1.82) is 0 Å². The molecule has 6 heteroatoms. The summed E-state index contributed by atoms with van der Waals surface area (Å²) in [6.45, 7) is 3.98. The molecule has 6 nitrogen and oxygen atoms in total. The molecule has 1 aliphatic heterocycles. The largest absolute Gasteiger partial charge is 0.388 e. The Morgan fingerprint density at radius 3 is 1.72 bits per heavy atom. The topological polar surface area (TPSA) is 56.3 Å². The van der Waals surface area contributed by atoms with Crippen LogP contribution in [0.2, 0.25) is 0 Å². The molecule has 6 rings (SSSR count). The van der Waals surface area contributed by atoms with Crippen LogP contribution < -0.4 is 20.4 Å². The summed E-state index contributed by atoms with van der Waals surface area (Å²) in [5.41, 5.74) is 9.02. The molecule has 2 N–H and O–H groups in total. The average Bonchev–Trinajstić information content (AvgIpc) is 3.02. The van der Waals surface area contributed by atoms with Gasteiger partial charge in [-0.3, -0.25) is 0 Å². The van der Waals surface area contributed by atoms with Crippen molar-refractivity contribution in [3.63, 3.8) is 0 Å². The lowest BCUT2D eigenvalue weighted by Gasteiger charge is -2.37. The van der Waals surface area contributed by atoms with Crippen LogP contribution in [0.25, 0.3) is 22.4 Å². The van der Waals surface area contributed by atoms with E-state index in [2.05, 4.69) is 116 Å². The SMILES string of the molecule is CNc1ccc(-c2ccnc(Nc3ccc(N4CCN(c5ccc(-c6ccccc6)cc5)CC4)cc3)n2)cc1. The maximum absolute atomic E-state index is 4.71. The number of nitrogens with zero attached hydrogens (tertiary/aromatic N) is 4. The van der Waals surface area contributed by atoms with Crippen molar-refractivity contribution in [2.45, 2.75) is 0 Å². The van der Waals surface area contributed by atoms with E-state index in [-0.39, 0.29) is 0 Å². The summed E-state index contributed by atoms with van der Waals surface area (Å²) in [5.74, 6) is 0.588. The van der Waals surface area contributed by atoms with Crippen LogP contribution in [0.15, 0.2) is 115 Å². The highest BCUT2D eigenvalue weighted by Gasteiger charge is 2.18. The quantitative estimate of drug-likeness (QED) is 0.247. The minimum atomic E-state index is 0.588. The molecule has 39 heavy (non-hydrogen) atoms. The summed E-state index contributed by atoms with van der Waals surface area (Å²) in [4.78, 5) is 14.0. The lowest BCUT2D eigenvalue weighted by atomic mass is 10.1. The highest BCUT2D eigenvalue weighted by Crippen LogP contribution is 2.26. The van der Waals surface area contributed by atoms with Crippen molar-refractivity contribution in [1.82, 2.24) is 9.97 Å². The van der Waals surface area contributed by atoms with Crippen molar-refractivity contribution in [2.24, 2.45) is 0 Å². The predicted molar refractivity (Wildman–Crippen MR) is 163 cm³/mol. The van der Waals surface area contributed by atoms with Crippen molar-refractivity contribution in [2.75, 3.05) is 53.7 Å². The van der Waals surface area contributed by atoms with Gasteiger partial charge in [0.1, 0.15) is 0 Å². The molecule has 0 bridgehead atoms. The van der Waals surface area contributed by atoms with Crippen LogP contribution in [0.3, 0.4) is 0 Å². The summed E-state index contributed by atoms with van der Waals surface area (Å²) >= 11 is 0. The van der Waals surface area contributed by atoms with Gasteiger partial charge in [-0.15, -0.1) is 0 Å². The molecule has 0 atom stereocenters. The number of aromatic nitrogens is 2. The molecule has 0 aliphatic carbocycles. The third-order valence-electron chi connectivity index (χ3n) is 7.23. The second-order valence-electron chi connectivity index (χ2n) is 9.65. The second kappa shape index (κ2) is 11.3. The van der Waals surface area contributed by atoms with Crippen LogP contribution in [0.1, 0.15) is 0 Å². The van der Waals surface area contributed by atoms with E-state index in [4.69, 9.17) is 4.98 Å². The summed E-state index contributed by atoms with van der Waals surface area (Å²) in [6, 6.07) is 38.2. The number of rotatable bonds is 7. The van der Waals surface area contributed by atoms with E-state index in [1.807, 2.05) is 25.2 Å². The van der Waals surface area contributed by atoms with Crippen molar-refractivity contribution in [3.05, 3.63) is 115 Å². The first kappa shape index (κ1) is 24.5. The van der Waals surface area contributed by atoms with E-state index >= 15 is 0 Å². The summed E-state index contributed by atoms with van der Waals surface area (Å²) in [5, 5.41) is 6.49. The van der Waals surface area contributed by atoms with Gasteiger partial charge in [0.05, 0.1) is 5.69 Å². The van der Waals surface area contributed by atoms with E-state index in [0.29, 0.717) is 5.95 Å². The Kier molecular flexibility index (Phi) is 7.08. The van der Waals surface area contributed by atoms with Gasteiger partial charge in [0.15, 0.2) is 0 Å². The zero-order valence-electron chi connectivity index (χ0n) is 22.1. The van der Waals surface area contributed by atoms with Gasteiger partial charge < -0.3 is 20.4 Å². The highest BCUT2D eigenvalue weighted by atomic mass is 15.3. The standard InChI is InChI=1S/C33H32N6/c1-34-28-11-7-27(8-12-28)32-19-20-35-33(37-32)36-29-13-17-31(18-14-29)39-23-21-38(22-24-39)30-15-9-26(10-16-30)25-5-3-2-4-6-25/h2-20,34H,21-24H2,1H3,(H,35,36,37). The van der Waals surface area contributed by atoms with Crippen LogP contribution in [0.5, 0.6) is 0 Å². The van der Waals surface area contributed by atoms with Gasteiger partial charge in [-0.05, 0) is 65.7 Å². The summed E-state index contributed by atoms with van der Waals surface area (Å²) in [6.07, 6.45) is 1.79. The molecule has 5 aromatic rings. The number of benzene rings is 4. The van der Waals surface area contributed by atoms with E-state index < -0.39 is 0 Å². The van der Waals surface area contributed by atoms with E-state index in [1.165, 1.54) is 22.5 Å². The average molecular weight is 513 g/mol. The van der Waals surface area contributed by atoms with Gasteiger partial charge in [-0.2, -0.15) is 0 Å². The molecule has 1 saturated heterocycles. The lowest BCUT2D eigenvalue weighted by Crippen LogP contribution is -2.46. The van der Waals surface area contributed by atoms with E-state index in [1.54, 1.807) is 6.20 Å². The van der Waals surface area contributed by atoms with Crippen molar-refractivity contribution < 1.29 is 0 Å². The molecule has 0 amide bonds. The van der Waals surface area contributed by atoms with Crippen molar-refractivity contribution >= 4 is 28.7 Å². The molecule has 0 unspecified atom stereocenters. The predicted octanol–water partition coefficient (Wildman–Crippen LogP) is 6.92. The maximum Gasteiger partial charge on any atom is 0.227 e.